The van der Waals surface area contributed by atoms with E-state index in [1.165, 1.54) is 24.0 Å². The van der Waals surface area contributed by atoms with E-state index in [9.17, 15) is 4.79 Å². The summed E-state index contributed by atoms with van der Waals surface area (Å²) < 4.78 is 0. The maximum atomic E-state index is 11.8. The number of carbonyl (C=O) groups is 1. The van der Waals surface area contributed by atoms with Crippen molar-refractivity contribution < 1.29 is 4.79 Å². The topological polar surface area (TPSA) is 29.1 Å². The van der Waals surface area contributed by atoms with Gasteiger partial charge in [0.2, 0.25) is 0 Å². The Morgan fingerprint density at radius 3 is 2.56 bits per heavy atom. The maximum Gasteiger partial charge on any atom is 0.251 e. The van der Waals surface area contributed by atoms with Gasteiger partial charge in [-0.25, -0.2) is 0 Å². The van der Waals surface area contributed by atoms with E-state index in [1.54, 1.807) is 0 Å². The van der Waals surface area contributed by atoms with E-state index in [-0.39, 0.29) is 5.91 Å². The highest BCUT2D eigenvalue weighted by Crippen LogP contribution is 2.09. The van der Waals surface area contributed by atoms with Crippen LogP contribution in [0.1, 0.15) is 47.7 Å². The molecule has 0 unspecified atom stereocenters. The molecule has 1 aromatic rings. The van der Waals surface area contributed by atoms with E-state index in [0.29, 0.717) is 0 Å². The summed E-state index contributed by atoms with van der Waals surface area (Å²) in [6.07, 6.45) is 3.42. The molecule has 0 atom stereocenters. The van der Waals surface area contributed by atoms with Gasteiger partial charge in [-0.05, 0) is 43.5 Å². The molecule has 0 aromatic heterocycles. The van der Waals surface area contributed by atoms with Crippen LogP contribution in [0.5, 0.6) is 0 Å². The average molecular weight is 219 g/mol. The van der Waals surface area contributed by atoms with Crippen molar-refractivity contribution in [2.75, 3.05) is 6.54 Å². The molecule has 1 N–H and O–H groups in total. The van der Waals surface area contributed by atoms with E-state index < -0.39 is 0 Å². The van der Waals surface area contributed by atoms with Crippen LogP contribution in [0.15, 0.2) is 18.2 Å². The smallest absolute Gasteiger partial charge is 0.251 e. The first-order chi connectivity index (χ1) is 7.65. The van der Waals surface area contributed by atoms with Crippen molar-refractivity contribution in [3.63, 3.8) is 0 Å². The number of benzene rings is 1. The molecule has 0 aliphatic carbocycles. The van der Waals surface area contributed by atoms with Gasteiger partial charge in [-0.1, -0.05) is 25.8 Å². The number of hydrogen-bond donors (Lipinski definition) is 1. The molecule has 88 valence electrons. The van der Waals surface area contributed by atoms with Crippen molar-refractivity contribution in [3.8, 4) is 0 Å². The molecule has 0 bridgehead atoms. The Balaban J connectivity index is 2.50. The molecule has 0 spiro atoms. The van der Waals surface area contributed by atoms with Crippen LogP contribution in [0.25, 0.3) is 0 Å². The van der Waals surface area contributed by atoms with Crippen LogP contribution in [-0.2, 0) is 0 Å². The quantitative estimate of drug-likeness (QED) is 0.757. The molecule has 2 heteroatoms. The summed E-state index contributed by atoms with van der Waals surface area (Å²) >= 11 is 0. The minimum absolute atomic E-state index is 0.0409. The molecule has 0 saturated heterocycles. The fourth-order valence-electron chi connectivity index (χ4n) is 1.56. The summed E-state index contributed by atoms with van der Waals surface area (Å²) in [5.74, 6) is 0.0409. The second-order valence-corrected chi connectivity index (χ2v) is 4.26. The SMILES string of the molecule is CCCCCNC(=O)c1ccc(C)c(C)c1. The maximum absolute atomic E-state index is 11.8. The predicted octanol–water partition coefficient (Wildman–Crippen LogP) is 3.22. The molecular weight excluding hydrogens is 198 g/mol. The lowest BCUT2D eigenvalue weighted by atomic mass is 10.1. The molecule has 0 radical (unpaired) electrons. The van der Waals surface area contributed by atoms with Crippen LogP contribution < -0.4 is 5.32 Å². The van der Waals surface area contributed by atoms with Crippen molar-refractivity contribution in [2.45, 2.75) is 40.0 Å². The van der Waals surface area contributed by atoms with Gasteiger partial charge in [0.05, 0.1) is 0 Å². The van der Waals surface area contributed by atoms with Crippen LogP contribution in [0.2, 0.25) is 0 Å². The van der Waals surface area contributed by atoms with Gasteiger partial charge in [-0.3, -0.25) is 4.79 Å². The molecular formula is C14H21NO. The highest BCUT2D eigenvalue weighted by atomic mass is 16.1. The van der Waals surface area contributed by atoms with Crippen molar-refractivity contribution in [1.29, 1.82) is 0 Å². The number of aryl methyl sites for hydroxylation is 2. The Kier molecular flexibility index (Phi) is 5.03. The third-order valence-electron chi connectivity index (χ3n) is 2.83. The summed E-state index contributed by atoms with van der Waals surface area (Å²) in [6.45, 7) is 7.02. The van der Waals surface area contributed by atoms with Crippen LogP contribution in [0, 0.1) is 13.8 Å². The second-order valence-electron chi connectivity index (χ2n) is 4.26. The zero-order valence-electron chi connectivity index (χ0n) is 10.5. The van der Waals surface area contributed by atoms with E-state index in [4.69, 9.17) is 0 Å². The largest absolute Gasteiger partial charge is 0.352 e. The molecule has 0 aliphatic rings. The van der Waals surface area contributed by atoms with Crippen molar-refractivity contribution >= 4 is 5.91 Å². The molecule has 0 fully saturated rings. The third kappa shape index (κ3) is 3.69. The summed E-state index contributed by atoms with van der Waals surface area (Å²) in [7, 11) is 0. The van der Waals surface area contributed by atoms with Gasteiger partial charge < -0.3 is 5.32 Å². The Morgan fingerprint density at radius 2 is 1.94 bits per heavy atom. The van der Waals surface area contributed by atoms with E-state index in [0.717, 1.165) is 18.5 Å². The van der Waals surface area contributed by atoms with E-state index in [1.807, 2.05) is 25.1 Å². The summed E-state index contributed by atoms with van der Waals surface area (Å²) in [5.41, 5.74) is 3.16. The van der Waals surface area contributed by atoms with Crippen molar-refractivity contribution in [1.82, 2.24) is 5.32 Å². The van der Waals surface area contributed by atoms with Gasteiger partial charge >= 0.3 is 0 Å². The Labute approximate surface area is 98.1 Å². The van der Waals surface area contributed by atoms with Gasteiger partial charge in [0.1, 0.15) is 0 Å². The van der Waals surface area contributed by atoms with E-state index >= 15 is 0 Å². The minimum atomic E-state index is 0.0409. The summed E-state index contributed by atoms with van der Waals surface area (Å²) in [5, 5.41) is 2.94. The zero-order chi connectivity index (χ0) is 12.0. The molecule has 1 amide bonds. The molecule has 2 nitrogen and oxygen atoms in total. The van der Waals surface area contributed by atoms with Crippen LogP contribution >= 0.6 is 0 Å². The van der Waals surface area contributed by atoms with Crippen LogP contribution in [0.4, 0.5) is 0 Å². The van der Waals surface area contributed by atoms with Gasteiger partial charge in [0, 0.05) is 12.1 Å². The molecule has 1 aromatic carbocycles. The Bertz CT molecular complexity index is 358. The number of carbonyl (C=O) groups excluding carboxylic acids is 1. The molecule has 16 heavy (non-hydrogen) atoms. The fourth-order valence-corrected chi connectivity index (χ4v) is 1.56. The molecule has 1 rings (SSSR count). The first kappa shape index (κ1) is 12.8. The third-order valence-corrected chi connectivity index (χ3v) is 2.83. The second kappa shape index (κ2) is 6.31. The lowest BCUT2D eigenvalue weighted by Gasteiger charge is -2.06. The lowest BCUT2D eigenvalue weighted by Crippen LogP contribution is -2.24. The van der Waals surface area contributed by atoms with Gasteiger partial charge in [-0.2, -0.15) is 0 Å². The first-order valence-electron chi connectivity index (χ1n) is 6.00. The molecule has 0 heterocycles. The van der Waals surface area contributed by atoms with Crippen LogP contribution in [-0.4, -0.2) is 12.5 Å². The Hall–Kier alpha value is -1.31. The van der Waals surface area contributed by atoms with Crippen LogP contribution in [0.3, 0.4) is 0 Å². The van der Waals surface area contributed by atoms with Gasteiger partial charge in [0.25, 0.3) is 5.91 Å². The van der Waals surface area contributed by atoms with Gasteiger partial charge in [-0.15, -0.1) is 0 Å². The monoisotopic (exact) mass is 219 g/mol. The lowest BCUT2D eigenvalue weighted by molar-refractivity contribution is 0.0953. The number of amides is 1. The normalized spacial score (nSPS) is 10.2. The predicted molar refractivity (Wildman–Crippen MR) is 67.8 cm³/mol. The first-order valence-corrected chi connectivity index (χ1v) is 6.00. The average Bonchev–Trinajstić information content (AvgIpc) is 2.28. The number of hydrogen-bond acceptors (Lipinski definition) is 1. The number of nitrogens with one attached hydrogen (secondary N) is 1. The Morgan fingerprint density at radius 1 is 1.19 bits per heavy atom. The van der Waals surface area contributed by atoms with E-state index in [2.05, 4.69) is 19.2 Å². The van der Waals surface area contributed by atoms with Crippen molar-refractivity contribution in [3.05, 3.63) is 34.9 Å². The summed E-state index contributed by atoms with van der Waals surface area (Å²) in [4.78, 5) is 11.8. The van der Waals surface area contributed by atoms with Crippen molar-refractivity contribution in [2.24, 2.45) is 0 Å². The number of unbranched alkanes of at least 4 members (excludes halogenated alkanes) is 2. The fraction of sp³-hybridized carbons (Fsp3) is 0.500. The molecule has 0 saturated carbocycles. The van der Waals surface area contributed by atoms with Gasteiger partial charge in [0.15, 0.2) is 0 Å². The highest BCUT2D eigenvalue weighted by Gasteiger charge is 2.05. The zero-order valence-corrected chi connectivity index (χ0v) is 10.5. The highest BCUT2D eigenvalue weighted by molar-refractivity contribution is 5.94. The molecule has 0 aliphatic heterocycles. The summed E-state index contributed by atoms with van der Waals surface area (Å²) in [6, 6.07) is 5.83. The minimum Gasteiger partial charge on any atom is -0.352 e. The number of rotatable bonds is 5. The standard InChI is InChI=1S/C14H21NO/c1-4-5-6-9-15-14(16)13-8-7-11(2)12(3)10-13/h7-8,10H,4-6,9H2,1-3H3,(H,15,16).